The van der Waals surface area contributed by atoms with Gasteiger partial charge in [-0.1, -0.05) is 18.9 Å². The van der Waals surface area contributed by atoms with Gasteiger partial charge >= 0.3 is 0 Å². The molecule has 6 amide bonds. The van der Waals surface area contributed by atoms with E-state index in [4.69, 9.17) is 14.2 Å². The lowest BCUT2D eigenvalue weighted by molar-refractivity contribution is -0.136. The predicted molar refractivity (Wildman–Crippen MR) is 189 cm³/mol. The summed E-state index contributed by atoms with van der Waals surface area (Å²) in [4.78, 5) is 82.3. The highest BCUT2D eigenvalue weighted by Crippen LogP contribution is 2.37. The van der Waals surface area contributed by atoms with Gasteiger partial charge in [-0.2, -0.15) is 4.39 Å². The van der Waals surface area contributed by atoms with Crippen LogP contribution in [0.3, 0.4) is 0 Å². The minimum atomic E-state index is -1.20. The molecule has 4 heterocycles. The minimum Gasteiger partial charge on any atom is -0.483 e. The lowest BCUT2D eigenvalue weighted by Crippen LogP contribution is -2.54. The lowest BCUT2D eigenvalue weighted by Gasteiger charge is -2.27. The van der Waals surface area contributed by atoms with Crippen LogP contribution in [0.5, 0.6) is 11.5 Å². The van der Waals surface area contributed by atoms with Crippen LogP contribution < -0.4 is 30.3 Å². The van der Waals surface area contributed by atoms with E-state index in [1.165, 1.54) is 35.6 Å². The Balaban J connectivity index is 0.871. The van der Waals surface area contributed by atoms with Crippen molar-refractivity contribution in [2.75, 3.05) is 57.5 Å². The first-order chi connectivity index (χ1) is 26.1. The minimum absolute atomic E-state index is 0.00464. The first kappa shape index (κ1) is 38.2. The second kappa shape index (κ2) is 17.6. The maximum Gasteiger partial charge on any atom is 0.266 e. The number of nitrogens with one attached hydrogen (secondary N) is 3. The van der Waals surface area contributed by atoms with Crippen molar-refractivity contribution in [3.05, 3.63) is 58.5 Å². The van der Waals surface area contributed by atoms with Crippen molar-refractivity contribution in [2.24, 2.45) is 0 Å². The molecule has 18 heteroatoms. The average Bonchev–Trinajstić information content (AvgIpc) is 3.76. The molecule has 2 saturated heterocycles. The molecule has 3 aromatic rings. The van der Waals surface area contributed by atoms with E-state index in [0.29, 0.717) is 57.9 Å². The summed E-state index contributed by atoms with van der Waals surface area (Å²) in [5.41, 5.74) is 0.655. The van der Waals surface area contributed by atoms with Crippen molar-refractivity contribution in [1.82, 2.24) is 25.8 Å². The van der Waals surface area contributed by atoms with Crippen molar-refractivity contribution < 1.29 is 51.8 Å². The summed E-state index contributed by atoms with van der Waals surface area (Å²) < 4.78 is 45.3. The van der Waals surface area contributed by atoms with Crippen LogP contribution in [0.15, 0.2) is 35.7 Å². The molecule has 0 spiro atoms. The molecule has 2 aromatic carbocycles. The number of imide groups is 2. The molecule has 3 N–H and O–H groups in total. The summed E-state index contributed by atoms with van der Waals surface area (Å²) in [7, 11) is 0. The Morgan fingerprint density at radius 3 is 2.31 bits per heavy atom. The number of benzene rings is 2. The molecule has 0 bridgehead atoms. The fourth-order valence-electron chi connectivity index (χ4n) is 6.21. The van der Waals surface area contributed by atoms with Gasteiger partial charge in [0.05, 0.1) is 30.0 Å². The average molecular weight is 769 g/mol. The second-order valence-electron chi connectivity index (χ2n) is 12.7. The Morgan fingerprint density at radius 1 is 0.907 bits per heavy atom. The van der Waals surface area contributed by atoms with E-state index >= 15 is 0 Å². The summed E-state index contributed by atoms with van der Waals surface area (Å²) >= 11 is 1.37. The topological polar surface area (TPSA) is 186 Å². The Kier molecular flexibility index (Phi) is 12.4. The lowest BCUT2D eigenvalue weighted by atomic mass is 10.0. The van der Waals surface area contributed by atoms with Gasteiger partial charge in [-0.3, -0.25) is 39.0 Å². The molecular formula is C36H38F2N6O9S. The van der Waals surface area contributed by atoms with Crippen LogP contribution in [0, 0.1) is 11.6 Å². The van der Waals surface area contributed by atoms with Gasteiger partial charge in [-0.05, 0) is 43.5 Å². The molecule has 3 aliphatic heterocycles. The molecular weight excluding hydrogens is 730 g/mol. The van der Waals surface area contributed by atoms with Gasteiger partial charge in [0.2, 0.25) is 17.6 Å². The van der Waals surface area contributed by atoms with Crippen LogP contribution in [0.1, 0.15) is 59.2 Å². The first-order valence-electron chi connectivity index (χ1n) is 17.5. The Bertz CT molecular complexity index is 1940. The number of ether oxygens (including phenoxy) is 3. The summed E-state index contributed by atoms with van der Waals surface area (Å²) in [5, 5.41) is 10.0. The normalized spacial score (nSPS) is 17.0. The maximum absolute atomic E-state index is 14.8. The van der Waals surface area contributed by atoms with E-state index in [2.05, 4.69) is 20.9 Å². The van der Waals surface area contributed by atoms with Crippen molar-refractivity contribution in [2.45, 2.75) is 44.6 Å². The van der Waals surface area contributed by atoms with E-state index in [9.17, 15) is 37.5 Å². The number of unbranched alkanes of at least 4 members (excludes halogenated alkanes) is 3. The SMILES string of the molecule is O=C(COc1cccc2c1C(=O)N(C1CCC(=O)NC1=O)C2=O)NCCCCCCNC(=O)COc1c(-c2csc(N3CCOCC3)n2)ccc(F)c1F. The van der Waals surface area contributed by atoms with E-state index in [1.807, 2.05) is 4.90 Å². The number of thiazole rings is 1. The largest absolute Gasteiger partial charge is 0.483 e. The van der Waals surface area contributed by atoms with Crippen LogP contribution in [0.4, 0.5) is 13.9 Å². The van der Waals surface area contributed by atoms with Crippen LogP contribution in [0.2, 0.25) is 0 Å². The highest BCUT2D eigenvalue weighted by atomic mass is 32.1. The Morgan fingerprint density at radius 2 is 1.61 bits per heavy atom. The molecule has 15 nitrogen and oxygen atoms in total. The zero-order valence-electron chi connectivity index (χ0n) is 29.1. The van der Waals surface area contributed by atoms with Gasteiger partial charge < -0.3 is 29.7 Å². The van der Waals surface area contributed by atoms with Crippen molar-refractivity contribution >= 4 is 51.9 Å². The zero-order valence-corrected chi connectivity index (χ0v) is 29.9. The molecule has 1 unspecified atom stereocenters. The highest BCUT2D eigenvalue weighted by Gasteiger charge is 2.46. The number of hydrogen-bond acceptors (Lipinski definition) is 12. The molecule has 0 saturated carbocycles. The number of carbonyl (C=O) groups excluding carboxylic acids is 6. The van der Waals surface area contributed by atoms with Gasteiger partial charge in [0.1, 0.15) is 11.8 Å². The molecule has 0 aliphatic carbocycles. The molecule has 1 aromatic heterocycles. The van der Waals surface area contributed by atoms with E-state index in [1.54, 1.807) is 5.38 Å². The van der Waals surface area contributed by atoms with Crippen LogP contribution >= 0.6 is 11.3 Å². The Hall–Kier alpha value is -5.49. The van der Waals surface area contributed by atoms with Crippen LogP contribution in [-0.2, 0) is 23.9 Å². The first-order valence-corrected chi connectivity index (χ1v) is 18.4. The summed E-state index contributed by atoms with van der Waals surface area (Å²) in [6, 6.07) is 5.65. The predicted octanol–water partition coefficient (Wildman–Crippen LogP) is 2.58. The molecule has 6 rings (SSSR count). The number of carbonyl (C=O) groups is 6. The standard InChI is InChI=1S/C36H38F2N6O9S/c37-23-9-8-21(24-20-54-36(41-24)43-14-16-51-17-15-43)32(31(23)38)53-19-29(47)40-13-4-2-1-3-12-39-28(46)18-52-26-7-5-6-22-30(26)35(50)44(34(22)49)25-10-11-27(45)42-33(25)48/h5-9,20,25H,1-4,10-19H2,(H,39,46)(H,40,47)(H,42,45,48). The number of piperidine rings is 1. The summed E-state index contributed by atoms with van der Waals surface area (Å²) in [6.45, 7) is 2.25. The number of nitrogens with zero attached hydrogens (tertiary/aromatic N) is 3. The van der Waals surface area contributed by atoms with E-state index in [-0.39, 0.29) is 41.0 Å². The summed E-state index contributed by atoms with van der Waals surface area (Å²) in [6.07, 6.45) is 2.77. The number of halogens is 2. The third-order valence-corrected chi connectivity index (χ3v) is 9.89. The molecule has 54 heavy (non-hydrogen) atoms. The fraction of sp³-hybridized carbons (Fsp3) is 0.417. The van der Waals surface area contributed by atoms with Gasteiger partial charge in [0.15, 0.2) is 29.9 Å². The Labute approximate surface area is 312 Å². The van der Waals surface area contributed by atoms with E-state index < -0.39 is 66.3 Å². The highest BCUT2D eigenvalue weighted by molar-refractivity contribution is 7.14. The summed E-state index contributed by atoms with van der Waals surface area (Å²) in [5.74, 6) is -6.20. The number of amides is 6. The fourth-order valence-corrected chi connectivity index (χ4v) is 7.09. The molecule has 2 fully saturated rings. The number of rotatable bonds is 16. The van der Waals surface area contributed by atoms with Gasteiger partial charge in [0.25, 0.3) is 23.6 Å². The quantitative estimate of drug-likeness (QED) is 0.144. The number of hydrogen-bond donors (Lipinski definition) is 3. The van der Waals surface area contributed by atoms with E-state index in [0.717, 1.165) is 28.9 Å². The number of morpholine rings is 1. The maximum atomic E-state index is 14.8. The zero-order chi connectivity index (χ0) is 38.2. The molecule has 1 atom stereocenters. The molecule has 286 valence electrons. The van der Waals surface area contributed by atoms with Crippen molar-refractivity contribution in [3.8, 4) is 22.8 Å². The van der Waals surface area contributed by atoms with Gasteiger partial charge in [-0.15, -0.1) is 11.3 Å². The number of fused-ring (bicyclic) bond motifs is 1. The van der Waals surface area contributed by atoms with Crippen LogP contribution in [0.25, 0.3) is 11.3 Å². The van der Waals surface area contributed by atoms with Crippen LogP contribution in [-0.4, -0.2) is 104 Å². The second-order valence-corrected chi connectivity index (χ2v) is 13.5. The monoisotopic (exact) mass is 768 g/mol. The van der Waals surface area contributed by atoms with Gasteiger partial charge in [-0.25, -0.2) is 9.37 Å². The van der Waals surface area contributed by atoms with Crippen molar-refractivity contribution in [3.63, 3.8) is 0 Å². The van der Waals surface area contributed by atoms with Crippen molar-refractivity contribution in [1.29, 1.82) is 0 Å². The molecule has 3 aliphatic rings. The third kappa shape index (κ3) is 8.82. The smallest absolute Gasteiger partial charge is 0.266 e. The molecule has 0 radical (unpaired) electrons. The number of aromatic nitrogens is 1. The third-order valence-electron chi connectivity index (χ3n) is 8.98. The van der Waals surface area contributed by atoms with Gasteiger partial charge in [0, 0.05) is 43.5 Å². The number of anilines is 1.